The van der Waals surface area contributed by atoms with Gasteiger partial charge >= 0.3 is 0 Å². The van der Waals surface area contributed by atoms with Crippen molar-refractivity contribution in [2.45, 2.75) is 11.1 Å². The van der Waals surface area contributed by atoms with Gasteiger partial charge in [-0.3, -0.25) is 9.80 Å². The molecule has 5 rings (SSSR count). The molecule has 3 heterocycles. The Hall–Kier alpha value is -3.08. The molecule has 10 heteroatoms. The number of hydrogen-bond acceptors (Lipinski definition) is 8. The summed E-state index contributed by atoms with van der Waals surface area (Å²) in [7, 11) is 0. The monoisotopic (exact) mass is 548 g/mol. The van der Waals surface area contributed by atoms with Crippen LogP contribution < -0.4 is 0 Å². The summed E-state index contributed by atoms with van der Waals surface area (Å²) in [5.41, 5.74) is 0.0235. The Balaban J connectivity index is 1.64. The second-order valence-corrected chi connectivity index (χ2v) is 10.0. The number of benzene rings is 2. The van der Waals surface area contributed by atoms with E-state index in [1.165, 1.54) is 0 Å². The first kappa shape index (κ1) is 26.5. The van der Waals surface area contributed by atoms with E-state index in [0.717, 1.165) is 11.1 Å². The van der Waals surface area contributed by atoms with Crippen molar-refractivity contribution in [3.8, 4) is 12.1 Å². The Kier molecular flexibility index (Phi) is 7.92. The third-order valence-electron chi connectivity index (χ3n) is 7.22. The van der Waals surface area contributed by atoms with Crippen LogP contribution in [0.2, 0.25) is 10.0 Å². The number of morpholine rings is 2. The van der Waals surface area contributed by atoms with Crippen LogP contribution in [0.4, 0.5) is 0 Å². The number of ether oxygens (including phenoxy) is 2. The van der Waals surface area contributed by atoms with Gasteiger partial charge in [0.05, 0.1) is 38.6 Å². The molecule has 0 amide bonds. The lowest BCUT2D eigenvalue weighted by Gasteiger charge is -2.42. The second kappa shape index (κ2) is 11.3. The SMILES string of the molecule is N#C[C@@](c1ccc(Cl)cc1)(c1ccc([C@@](C#N)(c2ccc(Cl)cc2)N2CCOCC2)nn1)N1CCOCC1. The molecule has 0 N–H and O–H groups in total. The van der Waals surface area contributed by atoms with Gasteiger partial charge in [0.2, 0.25) is 0 Å². The van der Waals surface area contributed by atoms with Crippen LogP contribution in [-0.2, 0) is 20.6 Å². The van der Waals surface area contributed by atoms with Crippen molar-refractivity contribution in [1.82, 2.24) is 20.0 Å². The number of halogens is 2. The Morgan fingerprint density at radius 1 is 0.605 bits per heavy atom. The fraction of sp³-hybridized carbons (Fsp3) is 0.357. The van der Waals surface area contributed by atoms with Crippen LogP contribution in [0.3, 0.4) is 0 Å². The summed E-state index contributed by atoms with van der Waals surface area (Å²) < 4.78 is 11.1. The van der Waals surface area contributed by atoms with Crippen LogP contribution in [-0.4, -0.2) is 72.6 Å². The molecule has 194 valence electrons. The minimum atomic E-state index is -1.20. The minimum Gasteiger partial charge on any atom is -0.379 e. The van der Waals surface area contributed by atoms with E-state index in [1.54, 1.807) is 36.4 Å². The molecule has 2 aliphatic rings. The summed E-state index contributed by atoms with van der Waals surface area (Å²) in [5.74, 6) is 0. The number of aromatic nitrogens is 2. The Bertz CT molecular complexity index is 1220. The van der Waals surface area contributed by atoms with Crippen molar-refractivity contribution in [1.29, 1.82) is 10.5 Å². The standard InChI is InChI=1S/C28H26Cl2N6O2/c29-23-5-1-21(2-6-23)27(19-31,35-11-15-37-16-12-35)25-9-10-26(34-33-25)28(20-32,36-13-17-38-18-14-36)22-3-7-24(30)8-4-22/h1-10H,11-18H2/t27-,28-/m1/s1. The molecule has 0 unspecified atom stereocenters. The Morgan fingerprint density at radius 3 is 1.24 bits per heavy atom. The maximum atomic E-state index is 10.7. The first-order valence-corrected chi connectivity index (χ1v) is 13.1. The van der Waals surface area contributed by atoms with E-state index >= 15 is 0 Å². The lowest BCUT2D eigenvalue weighted by atomic mass is 9.83. The molecule has 0 saturated carbocycles. The maximum Gasteiger partial charge on any atom is 0.179 e. The molecular formula is C28H26Cl2N6O2. The first-order chi connectivity index (χ1) is 18.5. The molecule has 2 aromatic carbocycles. The van der Waals surface area contributed by atoms with Crippen molar-refractivity contribution < 1.29 is 9.47 Å². The molecular weight excluding hydrogens is 523 g/mol. The van der Waals surface area contributed by atoms with Crippen LogP contribution in [0.5, 0.6) is 0 Å². The Morgan fingerprint density at radius 2 is 0.947 bits per heavy atom. The fourth-order valence-corrected chi connectivity index (χ4v) is 5.52. The summed E-state index contributed by atoms with van der Waals surface area (Å²) in [6.45, 7) is 4.25. The third kappa shape index (κ3) is 4.65. The largest absolute Gasteiger partial charge is 0.379 e. The van der Waals surface area contributed by atoms with E-state index in [4.69, 9.17) is 32.7 Å². The second-order valence-electron chi connectivity index (χ2n) is 9.16. The van der Waals surface area contributed by atoms with Gasteiger partial charge in [-0.25, -0.2) is 0 Å². The molecule has 2 atom stereocenters. The fourth-order valence-electron chi connectivity index (χ4n) is 5.27. The molecule has 38 heavy (non-hydrogen) atoms. The van der Waals surface area contributed by atoms with E-state index < -0.39 is 11.1 Å². The zero-order valence-electron chi connectivity index (χ0n) is 20.7. The molecule has 2 saturated heterocycles. The highest BCUT2D eigenvalue weighted by Crippen LogP contribution is 2.39. The van der Waals surface area contributed by atoms with Crippen molar-refractivity contribution in [3.63, 3.8) is 0 Å². The average Bonchev–Trinajstić information content (AvgIpc) is 2.98. The summed E-state index contributed by atoms with van der Waals surface area (Å²) in [4.78, 5) is 4.12. The highest BCUT2D eigenvalue weighted by atomic mass is 35.5. The highest BCUT2D eigenvalue weighted by Gasteiger charge is 2.46. The minimum absolute atomic E-state index is 0.470. The van der Waals surface area contributed by atoms with Gasteiger partial charge in [-0.15, -0.1) is 0 Å². The zero-order valence-corrected chi connectivity index (χ0v) is 22.2. The van der Waals surface area contributed by atoms with Gasteiger partial charge in [0.1, 0.15) is 11.4 Å². The van der Waals surface area contributed by atoms with E-state index in [1.807, 2.05) is 24.3 Å². The summed E-state index contributed by atoms with van der Waals surface area (Å²) in [6.07, 6.45) is 0. The normalized spacial score (nSPS) is 20.0. The summed E-state index contributed by atoms with van der Waals surface area (Å²) in [5, 5.41) is 31.7. The molecule has 3 aromatic rings. The number of hydrogen-bond donors (Lipinski definition) is 0. The van der Waals surface area contributed by atoms with Crippen LogP contribution in [0.25, 0.3) is 0 Å². The number of nitrogens with zero attached hydrogens (tertiary/aromatic N) is 6. The molecule has 0 bridgehead atoms. The lowest BCUT2D eigenvalue weighted by molar-refractivity contribution is 0.00358. The van der Waals surface area contributed by atoms with Gasteiger partial charge < -0.3 is 9.47 Å². The van der Waals surface area contributed by atoms with Crippen molar-refractivity contribution >= 4 is 23.2 Å². The zero-order chi connectivity index (χ0) is 26.6. The quantitative estimate of drug-likeness (QED) is 0.456. The predicted molar refractivity (Wildman–Crippen MR) is 143 cm³/mol. The molecule has 2 fully saturated rings. The smallest absolute Gasteiger partial charge is 0.179 e. The van der Waals surface area contributed by atoms with Gasteiger partial charge in [0.15, 0.2) is 11.1 Å². The van der Waals surface area contributed by atoms with Crippen molar-refractivity contribution in [3.05, 3.63) is 93.2 Å². The topological polar surface area (TPSA) is 98.3 Å². The molecule has 0 radical (unpaired) electrons. The van der Waals surface area contributed by atoms with Gasteiger partial charge in [-0.05, 0) is 47.5 Å². The van der Waals surface area contributed by atoms with Gasteiger partial charge in [-0.1, -0.05) is 47.5 Å². The number of nitriles is 2. The van der Waals surface area contributed by atoms with Gasteiger partial charge in [0.25, 0.3) is 0 Å². The molecule has 1 aromatic heterocycles. The maximum absolute atomic E-state index is 10.7. The van der Waals surface area contributed by atoms with Gasteiger partial charge in [-0.2, -0.15) is 20.7 Å². The third-order valence-corrected chi connectivity index (χ3v) is 7.73. The van der Waals surface area contributed by atoms with Crippen LogP contribution in [0, 0.1) is 22.7 Å². The summed E-state index contributed by atoms with van der Waals surface area (Å²) >= 11 is 12.3. The van der Waals surface area contributed by atoms with Gasteiger partial charge in [0, 0.05) is 36.2 Å². The van der Waals surface area contributed by atoms with Crippen LogP contribution in [0.1, 0.15) is 22.5 Å². The van der Waals surface area contributed by atoms with E-state index in [-0.39, 0.29) is 0 Å². The van der Waals surface area contributed by atoms with E-state index in [0.29, 0.717) is 74.0 Å². The predicted octanol–water partition coefficient (Wildman–Crippen LogP) is 3.98. The number of rotatable bonds is 6. The average molecular weight is 549 g/mol. The van der Waals surface area contributed by atoms with Crippen LogP contribution in [0.15, 0.2) is 60.7 Å². The highest BCUT2D eigenvalue weighted by molar-refractivity contribution is 6.30. The van der Waals surface area contributed by atoms with Crippen molar-refractivity contribution in [2.24, 2.45) is 0 Å². The molecule has 2 aliphatic heterocycles. The lowest BCUT2D eigenvalue weighted by Crippen LogP contribution is -2.53. The Labute approximate surface area is 231 Å². The summed E-state index contributed by atoms with van der Waals surface area (Å²) in [6, 6.07) is 23.1. The molecule has 8 nitrogen and oxygen atoms in total. The molecule has 0 spiro atoms. The van der Waals surface area contributed by atoms with E-state index in [2.05, 4.69) is 32.1 Å². The molecule has 0 aliphatic carbocycles. The van der Waals surface area contributed by atoms with Crippen molar-refractivity contribution in [2.75, 3.05) is 52.6 Å². The van der Waals surface area contributed by atoms with E-state index in [9.17, 15) is 10.5 Å². The van der Waals surface area contributed by atoms with Crippen LogP contribution >= 0.6 is 23.2 Å². The first-order valence-electron chi connectivity index (χ1n) is 12.4.